The van der Waals surface area contributed by atoms with E-state index >= 15 is 0 Å². The van der Waals surface area contributed by atoms with Crippen molar-refractivity contribution in [2.75, 3.05) is 6.61 Å². The van der Waals surface area contributed by atoms with E-state index in [0.29, 0.717) is 6.61 Å². The Morgan fingerprint density at radius 2 is 1.70 bits per heavy atom. The van der Waals surface area contributed by atoms with E-state index in [2.05, 4.69) is 0 Å². The number of hydrogen-bond donors (Lipinski definition) is 0. The van der Waals surface area contributed by atoms with Gasteiger partial charge in [0.25, 0.3) is 0 Å². The zero-order chi connectivity index (χ0) is 16.9. The van der Waals surface area contributed by atoms with Crippen LogP contribution >= 0.6 is 0 Å². The van der Waals surface area contributed by atoms with Gasteiger partial charge in [-0.05, 0) is 58.5 Å². The summed E-state index contributed by atoms with van der Waals surface area (Å²) in [5.41, 5.74) is 0.612. The van der Waals surface area contributed by atoms with Gasteiger partial charge in [0.1, 0.15) is 0 Å². The molecule has 0 spiro atoms. The van der Waals surface area contributed by atoms with E-state index in [1.807, 2.05) is 58.9 Å². The smallest absolute Gasteiger partial charge is 0.465 e. The molecule has 1 heterocycles. The summed E-state index contributed by atoms with van der Waals surface area (Å²) in [6.07, 6.45) is 1.64. The molecule has 0 bridgehead atoms. The first-order chi connectivity index (χ1) is 10.7. The lowest BCUT2D eigenvalue weighted by Crippen LogP contribution is -2.41. The van der Waals surface area contributed by atoms with Gasteiger partial charge in [-0.1, -0.05) is 24.3 Å². The third kappa shape index (κ3) is 2.60. The average molecular weight is 316 g/mol. The molecule has 124 valence electrons. The largest absolute Gasteiger partial charge is 0.495 e. The molecule has 1 aromatic rings. The molecule has 3 rings (SSSR count). The molecule has 1 aromatic carbocycles. The van der Waals surface area contributed by atoms with E-state index in [4.69, 9.17) is 14.0 Å². The van der Waals surface area contributed by atoms with Crippen LogP contribution in [0.2, 0.25) is 0 Å². The van der Waals surface area contributed by atoms with Crippen LogP contribution in [0.25, 0.3) is 0 Å². The number of esters is 1. The summed E-state index contributed by atoms with van der Waals surface area (Å²) >= 11 is 0. The number of carbonyl (C=O) groups is 1. The van der Waals surface area contributed by atoms with Crippen molar-refractivity contribution >= 4 is 18.6 Å². The first-order valence-electron chi connectivity index (χ1n) is 8.36. The molecule has 2 fully saturated rings. The van der Waals surface area contributed by atoms with Crippen molar-refractivity contribution in [2.24, 2.45) is 0 Å². The third-order valence-electron chi connectivity index (χ3n) is 5.40. The second kappa shape index (κ2) is 5.35. The van der Waals surface area contributed by atoms with Gasteiger partial charge in [-0.2, -0.15) is 0 Å². The highest BCUT2D eigenvalue weighted by Crippen LogP contribution is 2.49. The van der Waals surface area contributed by atoms with Crippen LogP contribution in [0.5, 0.6) is 0 Å². The van der Waals surface area contributed by atoms with E-state index in [-0.39, 0.29) is 5.97 Å². The van der Waals surface area contributed by atoms with Crippen molar-refractivity contribution < 1.29 is 18.8 Å². The van der Waals surface area contributed by atoms with Gasteiger partial charge >= 0.3 is 13.1 Å². The second-order valence-corrected chi connectivity index (χ2v) is 7.48. The molecule has 1 saturated carbocycles. The van der Waals surface area contributed by atoms with Crippen LogP contribution in [-0.4, -0.2) is 30.9 Å². The number of ether oxygens (including phenoxy) is 1. The zero-order valence-electron chi connectivity index (χ0n) is 14.6. The molecule has 1 aliphatic heterocycles. The van der Waals surface area contributed by atoms with Crippen molar-refractivity contribution in [1.29, 1.82) is 0 Å². The normalized spacial score (nSPS) is 23.6. The fourth-order valence-electron chi connectivity index (χ4n) is 3.09. The number of hydrogen-bond acceptors (Lipinski definition) is 4. The monoisotopic (exact) mass is 316 g/mol. The number of rotatable bonds is 4. The molecule has 2 aliphatic rings. The maximum Gasteiger partial charge on any atom is 0.495 e. The molecule has 0 unspecified atom stereocenters. The van der Waals surface area contributed by atoms with Gasteiger partial charge in [-0.3, -0.25) is 4.79 Å². The van der Waals surface area contributed by atoms with Gasteiger partial charge in [0.2, 0.25) is 0 Å². The lowest BCUT2D eigenvalue weighted by atomic mass is 9.72. The molecular weight excluding hydrogens is 291 g/mol. The molecule has 1 saturated heterocycles. The molecule has 5 heteroatoms. The van der Waals surface area contributed by atoms with E-state index in [0.717, 1.165) is 23.9 Å². The Morgan fingerprint density at radius 3 is 2.22 bits per heavy atom. The van der Waals surface area contributed by atoms with Crippen LogP contribution in [0.1, 0.15) is 53.0 Å². The van der Waals surface area contributed by atoms with Crippen LogP contribution in [0.15, 0.2) is 24.3 Å². The van der Waals surface area contributed by atoms with Gasteiger partial charge < -0.3 is 14.0 Å². The molecule has 23 heavy (non-hydrogen) atoms. The summed E-state index contributed by atoms with van der Waals surface area (Å²) in [7, 11) is -0.455. The van der Waals surface area contributed by atoms with Crippen LogP contribution in [0, 0.1) is 0 Å². The van der Waals surface area contributed by atoms with Crippen molar-refractivity contribution in [3.8, 4) is 0 Å². The van der Waals surface area contributed by atoms with Gasteiger partial charge in [0.05, 0.1) is 23.2 Å². The molecule has 0 atom stereocenters. The minimum Gasteiger partial charge on any atom is -0.465 e. The van der Waals surface area contributed by atoms with Crippen molar-refractivity contribution in [3.63, 3.8) is 0 Å². The van der Waals surface area contributed by atoms with E-state index in [1.54, 1.807) is 0 Å². The van der Waals surface area contributed by atoms with E-state index < -0.39 is 23.7 Å². The van der Waals surface area contributed by atoms with E-state index in [1.165, 1.54) is 0 Å². The lowest BCUT2D eigenvalue weighted by molar-refractivity contribution is -0.146. The molecule has 0 amide bonds. The molecular formula is C18H25BO4. The maximum absolute atomic E-state index is 12.4. The highest BCUT2D eigenvalue weighted by atomic mass is 16.7. The minimum atomic E-state index is -0.518. The van der Waals surface area contributed by atoms with Crippen molar-refractivity contribution in [2.45, 2.75) is 64.1 Å². The first kappa shape index (κ1) is 16.5. The third-order valence-corrected chi connectivity index (χ3v) is 5.40. The Balaban J connectivity index is 1.96. The van der Waals surface area contributed by atoms with Crippen LogP contribution in [-0.2, 0) is 24.3 Å². The van der Waals surface area contributed by atoms with E-state index in [9.17, 15) is 4.79 Å². The summed E-state index contributed by atoms with van der Waals surface area (Å²) in [5, 5.41) is 0. The summed E-state index contributed by atoms with van der Waals surface area (Å²) in [6.45, 7) is 10.4. The molecule has 4 nitrogen and oxygen atoms in total. The Kier molecular flexibility index (Phi) is 3.85. The standard InChI is InChI=1S/C18H25BO4/c1-6-21-15(20)18(11-12-18)13-9-7-8-10-14(13)19-22-16(2,3)17(4,5)23-19/h7-10H,6,11-12H2,1-5H3. The predicted octanol–water partition coefficient (Wildman–Crippen LogP) is 2.58. The van der Waals surface area contributed by atoms with Crippen molar-refractivity contribution in [3.05, 3.63) is 29.8 Å². The Bertz CT molecular complexity index is 603. The Morgan fingerprint density at radius 1 is 1.13 bits per heavy atom. The highest BCUT2D eigenvalue weighted by molar-refractivity contribution is 6.62. The summed E-state index contributed by atoms with van der Waals surface area (Å²) in [4.78, 5) is 12.4. The van der Waals surface area contributed by atoms with Gasteiger partial charge in [0.15, 0.2) is 0 Å². The SMILES string of the molecule is CCOC(=O)C1(c2ccccc2B2OC(C)(C)C(C)(C)O2)CC1. The van der Waals surface area contributed by atoms with Crippen LogP contribution in [0.4, 0.5) is 0 Å². The maximum atomic E-state index is 12.4. The summed E-state index contributed by atoms with van der Waals surface area (Å²) < 4.78 is 17.7. The number of carbonyl (C=O) groups excluding carboxylic acids is 1. The molecule has 0 aromatic heterocycles. The first-order valence-corrected chi connectivity index (χ1v) is 8.36. The fraction of sp³-hybridized carbons (Fsp3) is 0.611. The predicted molar refractivity (Wildman–Crippen MR) is 89.7 cm³/mol. The number of benzene rings is 1. The quantitative estimate of drug-likeness (QED) is 0.633. The molecule has 0 radical (unpaired) electrons. The second-order valence-electron chi connectivity index (χ2n) is 7.48. The van der Waals surface area contributed by atoms with Crippen molar-refractivity contribution in [1.82, 2.24) is 0 Å². The minimum absolute atomic E-state index is 0.135. The Labute approximate surface area is 138 Å². The average Bonchev–Trinajstić information content (AvgIpc) is 3.24. The summed E-state index contributed by atoms with van der Waals surface area (Å²) in [6, 6.07) is 7.93. The molecule has 1 aliphatic carbocycles. The van der Waals surface area contributed by atoms with Gasteiger partial charge in [-0.15, -0.1) is 0 Å². The van der Waals surface area contributed by atoms with Gasteiger partial charge in [-0.25, -0.2) is 0 Å². The topological polar surface area (TPSA) is 44.8 Å². The summed E-state index contributed by atoms with van der Waals surface area (Å²) in [5.74, 6) is -0.135. The highest BCUT2D eigenvalue weighted by Gasteiger charge is 2.57. The zero-order valence-corrected chi connectivity index (χ0v) is 14.6. The fourth-order valence-corrected chi connectivity index (χ4v) is 3.09. The van der Waals surface area contributed by atoms with Crippen LogP contribution < -0.4 is 5.46 Å². The van der Waals surface area contributed by atoms with Crippen LogP contribution in [0.3, 0.4) is 0 Å². The Hall–Kier alpha value is -1.33. The van der Waals surface area contributed by atoms with Gasteiger partial charge in [0, 0.05) is 0 Å². The molecule has 0 N–H and O–H groups in total. The lowest BCUT2D eigenvalue weighted by Gasteiger charge is -2.32.